The Morgan fingerprint density at radius 1 is 0.880 bits per heavy atom. The summed E-state index contributed by atoms with van der Waals surface area (Å²) in [6.45, 7) is 0. The van der Waals surface area contributed by atoms with E-state index in [1.165, 1.54) is 0 Å². The average Bonchev–Trinajstić information content (AvgIpc) is 3.08. The van der Waals surface area contributed by atoms with Gasteiger partial charge in [-0.3, -0.25) is 0 Å². The predicted molar refractivity (Wildman–Crippen MR) is 101 cm³/mol. The number of rotatable bonds is 4. The standard InChI is InChI=1S/C17H12Cl2N6/c18-10-5-7-11(8-6-10)22-16-14-15(21-9-20-14)24-17(25-16)23-13-4-2-1-3-12(13)19/h1-9H,(H3,20,21,22,23,24,25). The maximum Gasteiger partial charge on any atom is 0.231 e. The van der Waals surface area contributed by atoms with Crippen molar-refractivity contribution >= 4 is 57.5 Å². The lowest BCUT2D eigenvalue weighted by Crippen LogP contribution is -2.02. The summed E-state index contributed by atoms with van der Waals surface area (Å²) in [4.78, 5) is 16.2. The van der Waals surface area contributed by atoms with Gasteiger partial charge in [-0.1, -0.05) is 35.3 Å². The number of fused-ring (bicyclic) bond motifs is 1. The molecule has 0 spiro atoms. The van der Waals surface area contributed by atoms with Crippen molar-refractivity contribution in [3.63, 3.8) is 0 Å². The molecule has 8 heteroatoms. The molecule has 0 fully saturated rings. The molecule has 0 saturated heterocycles. The minimum atomic E-state index is 0.393. The van der Waals surface area contributed by atoms with Crippen molar-refractivity contribution in [1.29, 1.82) is 0 Å². The molecule has 3 N–H and O–H groups in total. The van der Waals surface area contributed by atoms with Crippen molar-refractivity contribution in [1.82, 2.24) is 19.9 Å². The molecule has 0 aliphatic heterocycles. The number of halogens is 2. The van der Waals surface area contributed by atoms with Crippen LogP contribution >= 0.6 is 23.2 Å². The van der Waals surface area contributed by atoms with E-state index in [-0.39, 0.29) is 0 Å². The molecule has 6 nitrogen and oxygen atoms in total. The monoisotopic (exact) mass is 370 g/mol. The van der Waals surface area contributed by atoms with E-state index in [1.807, 2.05) is 30.3 Å². The first kappa shape index (κ1) is 15.7. The Balaban J connectivity index is 1.72. The SMILES string of the molecule is Clc1ccc(Nc2nc(Nc3ccccc3Cl)nc3nc[nH]c23)cc1. The van der Waals surface area contributed by atoms with Crippen molar-refractivity contribution in [3.8, 4) is 0 Å². The summed E-state index contributed by atoms with van der Waals surface area (Å²) in [5.74, 6) is 0.989. The highest BCUT2D eigenvalue weighted by atomic mass is 35.5. The number of aromatic amines is 1. The molecule has 2 aromatic carbocycles. The lowest BCUT2D eigenvalue weighted by Gasteiger charge is -2.10. The fourth-order valence-electron chi connectivity index (χ4n) is 2.33. The van der Waals surface area contributed by atoms with Crippen LogP contribution in [0, 0.1) is 0 Å². The molecule has 25 heavy (non-hydrogen) atoms. The van der Waals surface area contributed by atoms with Crippen molar-refractivity contribution in [2.24, 2.45) is 0 Å². The molecule has 4 aromatic rings. The first-order valence-electron chi connectivity index (χ1n) is 7.44. The molecule has 4 rings (SSSR count). The van der Waals surface area contributed by atoms with E-state index >= 15 is 0 Å². The normalized spacial score (nSPS) is 10.8. The van der Waals surface area contributed by atoms with Crippen molar-refractivity contribution < 1.29 is 0 Å². The number of para-hydroxylation sites is 1. The van der Waals surface area contributed by atoms with Crippen LogP contribution in [0.4, 0.5) is 23.1 Å². The zero-order valence-corrected chi connectivity index (χ0v) is 14.3. The molecule has 0 radical (unpaired) electrons. The Hall–Kier alpha value is -2.83. The van der Waals surface area contributed by atoms with Gasteiger partial charge in [0.2, 0.25) is 5.95 Å². The number of aromatic nitrogens is 4. The van der Waals surface area contributed by atoms with Gasteiger partial charge in [0, 0.05) is 10.7 Å². The second-order valence-corrected chi connectivity index (χ2v) is 6.08. The Bertz CT molecular complexity index is 1030. The first-order chi connectivity index (χ1) is 12.2. The summed E-state index contributed by atoms with van der Waals surface area (Å²) >= 11 is 12.1. The lowest BCUT2D eigenvalue weighted by molar-refractivity contribution is 1.19. The molecule has 0 aliphatic carbocycles. The van der Waals surface area contributed by atoms with E-state index in [2.05, 4.69) is 30.6 Å². The second-order valence-electron chi connectivity index (χ2n) is 5.23. The van der Waals surface area contributed by atoms with Crippen LogP contribution in [0.2, 0.25) is 10.0 Å². The Labute approximate surface area is 153 Å². The van der Waals surface area contributed by atoms with E-state index in [4.69, 9.17) is 23.2 Å². The highest BCUT2D eigenvalue weighted by molar-refractivity contribution is 6.33. The van der Waals surface area contributed by atoms with Crippen LogP contribution in [0.1, 0.15) is 0 Å². The van der Waals surface area contributed by atoms with Crippen LogP contribution in [0.3, 0.4) is 0 Å². The molecular formula is C17H12Cl2N6. The number of hydrogen-bond acceptors (Lipinski definition) is 5. The van der Waals surface area contributed by atoms with Gasteiger partial charge < -0.3 is 15.6 Å². The summed E-state index contributed by atoms with van der Waals surface area (Å²) in [6, 6.07) is 14.7. The third-order valence-electron chi connectivity index (χ3n) is 3.51. The molecule has 2 aromatic heterocycles. The minimum Gasteiger partial charge on any atom is -0.340 e. The number of imidazole rings is 1. The van der Waals surface area contributed by atoms with E-state index in [0.29, 0.717) is 33.0 Å². The summed E-state index contributed by atoms with van der Waals surface area (Å²) < 4.78 is 0. The average molecular weight is 371 g/mol. The number of anilines is 4. The summed E-state index contributed by atoms with van der Waals surface area (Å²) in [7, 11) is 0. The number of benzene rings is 2. The summed E-state index contributed by atoms with van der Waals surface area (Å²) in [6.07, 6.45) is 1.58. The first-order valence-corrected chi connectivity index (χ1v) is 8.20. The van der Waals surface area contributed by atoms with Gasteiger partial charge in [-0.05, 0) is 36.4 Å². The molecule has 0 aliphatic rings. The maximum atomic E-state index is 6.19. The highest BCUT2D eigenvalue weighted by Crippen LogP contribution is 2.27. The van der Waals surface area contributed by atoms with Crippen molar-refractivity contribution in [2.45, 2.75) is 0 Å². The third kappa shape index (κ3) is 3.35. The van der Waals surface area contributed by atoms with Crippen molar-refractivity contribution in [3.05, 3.63) is 64.9 Å². The molecule has 0 saturated carbocycles. The van der Waals surface area contributed by atoms with E-state index in [1.54, 1.807) is 24.5 Å². The van der Waals surface area contributed by atoms with Crippen LogP contribution < -0.4 is 10.6 Å². The van der Waals surface area contributed by atoms with E-state index in [9.17, 15) is 0 Å². The smallest absolute Gasteiger partial charge is 0.231 e. The minimum absolute atomic E-state index is 0.393. The highest BCUT2D eigenvalue weighted by Gasteiger charge is 2.11. The Morgan fingerprint density at radius 2 is 1.68 bits per heavy atom. The fourth-order valence-corrected chi connectivity index (χ4v) is 2.64. The molecule has 0 bridgehead atoms. The van der Waals surface area contributed by atoms with Crippen LogP contribution in [-0.4, -0.2) is 19.9 Å². The zero-order chi connectivity index (χ0) is 17.2. The number of nitrogens with one attached hydrogen (secondary N) is 3. The quantitative estimate of drug-likeness (QED) is 0.463. The number of nitrogens with zero attached hydrogens (tertiary/aromatic N) is 3. The zero-order valence-electron chi connectivity index (χ0n) is 12.8. The number of H-pyrrole nitrogens is 1. The Morgan fingerprint density at radius 3 is 2.48 bits per heavy atom. The van der Waals surface area contributed by atoms with Gasteiger partial charge in [-0.15, -0.1) is 0 Å². The van der Waals surface area contributed by atoms with Gasteiger partial charge in [0.05, 0.1) is 17.0 Å². The fraction of sp³-hybridized carbons (Fsp3) is 0. The van der Waals surface area contributed by atoms with Gasteiger partial charge in [-0.25, -0.2) is 4.98 Å². The van der Waals surface area contributed by atoms with Gasteiger partial charge >= 0.3 is 0 Å². The molecular weight excluding hydrogens is 359 g/mol. The van der Waals surface area contributed by atoms with Crippen LogP contribution in [-0.2, 0) is 0 Å². The summed E-state index contributed by atoms with van der Waals surface area (Å²) in [5.41, 5.74) is 2.82. The van der Waals surface area contributed by atoms with Crippen LogP contribution in [0.25, 0.3) is 11.2 Å². The van der Waals surface area contributed by atoms with Gasteiger partial charge in [0.25, 0.3) is 0 Å². The van der Waals surface area contributed by atoms with E-state index < -0.39 is 0 Å². The molecule has 0 amide bonds. The lowest BCUT2D eigenvalue weighted by atomic mass is 10.3. The van der Waals surface area contributed by atoms with E-state index in [0.717, 1.165) is 11.4 Å². The second kappa shape index (κ2) is 6.58. The van der Waals surface area contributed by atoms with Gasteiger partial charge in [0.15, 0.2) is 11.5 Å². The van der Waals surface area contributed by atoms with Gasteiger partial charge in [-0.2, -0.15) is 9.97 Å². The third-order valence-corrected chi connectivity index (χ3v) is 4.09. The van der Waals surface area contributed by atoms with Crippen molar-refractivity contribution in [2.75, 3.05) is 10.6 Å². The molecule has 0 atom stereocenters. The molecule has 124 valence electrons. The van der Waals surface area contributed by atoms with Crippen LogP contribution in [0.15, 0.2) is 54.9 Å². The molecule has 0 unspecified atom stereocenters. The predicted octanol–water partition coefficient (Wildman–Crippen LogP) is 5.15. The molecule has 2 heterocycles. The summed E-state index contributed by atoms with van der Waals surface area (Å²) in [5, 5.41) is 7.62. The maximum absolute atomic E-state index is 6.19. The largest absolute Gasteiger partial charge is 0.340 e. The van der Waals surface area contributed by atoms with Crippen LogP contribution in [0.5, 0.6) is 0 Å². The Kier molecular flexibility index (Phi) is 4.13. The number of hydrogen-bond donors (Lipinski definition) is 3. The topological polar surface area (TPSA) is 78.5 Å². The van der Waals surface area contributed by atoms with Gasteiger partial charge in [0.1, 0.15) is 5.52 Å².